The van der Waals surface area contributed by atoms with Gasteiger partial charge in [-0.05, 0) is 44.4 Å². The molecule has 0 bridgehead atoms. The molecule has 1 aromatic carbocycles. The molecule has 0 aromatic heterocycles. The molecule has 0 unspecified atom stereocenters. The van der Waals surface area contributed by atoms with Crippen molar-refractivity contribution in [1.82, 2.24) is 4.90 Å². The van der Waals surface area contributed by atoms with Gasteiger partial charge in [0.15, 0.2) is 0 Å². The molecule has 0 amide bonds. The largest absolute Gasteiger partial charge is 0.396 e. The van der Waals surface area contributed by atoms with Gasteiger partial charge in [-0.2, -0.15) is 0 Å². The molecule has 0 atom stereocenters. The third kappa shape index (κ3) is 3.30. The van der Waals surface area contributed by atoms with Gasteiger partial charge >= 0.3 is 0 Å². The first kappa shape index (κ1) is 12.6. The molecule has 1 aliphatic rings. The topological polar surface area (TPSA) is 23.5 Å². The van der Waals surface area contributed by atoms with Gasteiger partial charge < -0.3 is 10.0 Å². The summed E-state index contributed by atoms with van der Waals surface area (Å²) in [4.78, 5) is 2.36. The van der Waals surface area contributed by atoms with Crippen LogP contribution in [0, 0.1) is 12.3 Å². The number of nitrogens with zero attached hydrogens (tertiary/aromatic N) is 1. The Balaban J connectivity index is 1.80. The highest BCUT2D eigenvalue weighted by molar-refractivity contribution is 5.25. The average Bonchev–Trinajstić information content (AvgIpc) is 3.08. The maximum atomic E-state index is 9.31. The first-order valence-electron chi connectivity index (χ1n) is 6.49. The van der Waals surface area contributed by atoms with Crippen molar-refractivity contribution in [2.45, 2.75) is 26.2 Å². The van der Waals surface area contributed by atoms with Crippen LogP contribution in [0.5, 0.6) is 0 Å². The predicted octanol–water partition coefficient (Wildman–Crippen LogP) is 2.24. The van der Waals surface area contributed by atoms with E-state index in [4.69, 9.17) is 0 Å². The Morgan fingerprint density at radius 1 is 1.29 bits per heavy atom. The van der Waals surface area contributed by atoms with Crippen LogP contribution in [0.4, 0.5) is 0 Å². The molecule has 1 saturated carbocycles. The summed E-state index contributed by atoms with van der Waals surface area (Å²) in [6.45, 7) is 4.63. The first-order valence-corrected chi connectivity index (χ1v) is 6.49. The van der Waals surface area contributed by atoms with E-state index in [2.05, 4.69) is 43.1 Å². The Hall–Kier alpha value is -0.860. The van der Waals surface area contributed by atoms with E-state index in [0.29, 0.717) is 6.61 Å². The van der Waals surface area contributed by atoms with Crippen LogP contribution in [0.3, 0.4) is 0 Å². The van der Waals surface area contributed by atoms with Crippen molar-refractivity contribution in [3.05, 3.63) is 35.4 Å². The van der Waals surface area contributed by atoms with E-state index in [0.717, 1.165) is 19.5 Å². The van der Waals surface area contributed by atoms with E-state index < -0.39 is 0 Å². The monoisotopic (exact) mass is 233 g/mol. The zero-order valence-corrected chi connectivity index (χ0v) is 10.9. The van der Waals surface area contributed by atoms with Gasteiger partial charge in [-0.1, -0.05) is 24.3 Å². The third-order valence-electron chi connectivity index (χ3n) is 3.92. The SMILES string of the molecule is Cc1ccccc1CCN(C)CC1(CO)CC1. The molecule has 2 heteroatoms. The molecule has 0 saturated heterocycles. The van der Waals surface area contributed by atoms with Gasteiger partial charge in [-0.25, -0.2) is 0 Å². The van der Waals surface area contributed by atoms with E-state index in [1.807, 2.05) is 0 Å². The van der Waals surface area contributed by atoms with E-state index >= 15 is 0 Å². The summed E-state index contributed by atoms with van der Waals surface area (Å²) in [6, 6.07) is 8.58. The Bertz CT molecular complexity index is 371. The summed E-state index contributed by atoms with van der Waals surface area (Å²) in [7, 11) is 2.16. The van der Waals surface area contributed by atoms with Gasteiger partial charge in [0.05, 0.1) is 0 Å². The van der Waals surface area contributed by atoms with Crippen molar-refractivity contribution in [2.24, 2.45) is 5.41 Å². The second-order valence-corrected chi connectivity index (χ2v) is 5.57. The van der Waals surface area contributed by atoms with Crippen LogP contribution >= 0.6 is 0 Å². The van der Waals surface area contributed by atoms with E-state index in [9.17, 15) is 5.11 Å². The van der Waals surface area contributed by atoms with Crippen molar-refractivity contribution < 1.29 is 5.11 Å². The molecular weight excluding hydrogens is 210 g/mol. The molecule has 1 fully saturated rings. The van der Waals surface area contributed by atoms with Gasteiger partial charge in [-0.3, -0.25) is 0 Å². The number of aliphatic hydroxyl groups excluding tert-OH is 1. The third-order valence-corrected chi connectivity index (χ3v) is 3.92. The molecule has 0 heterocycles. The highest BCUT2D eigenvalue weighted by Gasteiger charge is 2.42. The summed E-state index contributed by atoms with van der Waals surface area (Å²) in [5, 5.41) is 9.31. The standard InChI is InChI=1S/C15H23NO/c1-13-5-3-4-6-14(13)7-10-16(2)11-15(12-17)8-9-15/h3-6,17H,7-12H2,1-2H3. The maximum Gasteiger partial charge on any atom is 0.0499 e. The molecule has 2 rings (SSSR count). The van der Waals surface area contributed by atoms with E-state index in [1.165, 1.54) is 24.0 Å². The van der Waals surface area contributed by atoms with E-state index in [1.54, 1.807) is 0 Å². The second-order valence-electron chi connectivity index (χ2n) is 5.57. The molecule has 0 spiro atoms. The van der Waals surface area contributed by atoms with Crippen molar-refractivity contribution in [3.8, 4) is 0 Å². The van der Waals surface area contributed by atoms with Gasteiger partial charge in [0, 0.05) is 25.1 Å². The molecule has 94 valence electrons. The summed E-state index contributed by atoms with van der Waals surface area (Å²) in [6.07, 6.45) is 3.49. The lowest BCUT2D eigenvalue weighted by Crippen LogP contribution is -2.30. The molecule has 17 heavy (non-hydrogen) atoms. The van der Waals surface area contributed by atoms with Crippen LogP contribution in [0.15, 0.2) is 24.3 Å². The number of likely N-dealkylation sites (N-methyl/N-ethyl adjacent to an activating group) is 1. The van der Waals surface area contributed by atoms with Gasteiger partial charge in [-0.15, -0.1) is 0 Å². The van der Waals surface area contributed by atoms with Crippen molar-refractivity contribution >= 4 is 0 Å². The fourth-order valence-electron chi connectivity index (χ4n) is 2.40. The van der Waals surface area contributed by atoms with Gasteiger partial charge in [0.25, 0.3) is 0 Å². The van der Waals surface area contributed by atoms with Gasteiger partial charge in [0.1, 0.15) is 0 Å². The first-order chi connectivity index (χ1) is 8.15. The van der Waals surface area contributed by atoms with Crippen LogP contribution < -0.4 is 0 Å². The number of benzene rings is 1. The van der Waals surface area contributed by atoms with Crippen LogP contribution in [0.25, 0.3) is 0 Å². The zero-order chi connectivity index (χ0) is 12.3. The summed E-state index contributed by atoms with van der Waals surface area (Å²) in [5.41, 5.74) is 3.05. The molecule has 1 aliphatic carbocycles. The highest BCUT2D eigenvalue weighted by atomic mass is 16.3. The van der Waals surface area contributed by atoms with Crippen molar-refractivity contribution in [2.75, 3.05) is 26.7 Å². The van der Waals surface area contributed by atoms with Crippen LogP contribution in [-0.2, 0) is 6.42 Å². The fourth-order valence-corrected chi connectivity index (χ4v) is 2.40. The second kappa shape index (κ2) is 5.19. The molecule has 0 radical (unpaired) electrons. The zero-order valence-electron chi connectivity index (χ0n) is 10.9. The average molecular weight is 233 g/mol. The van der Waals surface area contributed by atoms with Crippen molar-refractivity contribution in [3.63, 3.8) is 0 Å². The van der Waals surface area contributed by atoms with Crippen LogP contribution in [0.2, 0.25) is 0 Å². The fraction of sp³-hybridized carbons (Fsp3) is 0.600. The minimum Gasteiger partial charge on any atom is -0.396 e. The van der Waals surface area contributed by atoms with Crippen LogP contribution in [0.1, 0.15) is 24.0 Å². The minimum atomic E-state index is 0.237. The number of rotatable bonds is 6. The summed E-state index contributed by atoms with van der Waals surface area (Å²) >= 11 is 0. The lowest BCUT2D eigenvalue weighted by molar-refractivity contribution is 0.165. The Morgan fingerprint density at radius 2 is 2.00 bits per heavy atom. The number of hydrogen-bond acceptors (Lipinski definition) is 2. The Labute approximate surface area is 104 Å². The molecular formula is C15H23NO. The minimum absolute atomic E-state index is 0.237. The number of aliphatic hydroxyl groups is 1. The Morgan fingerprint density at radius 3 is 2.59 bits per heavy atom. The lowest BCUT2D eigenvalue weighted by Gasteiger charge is -2.22. The maximum absolute atomic E-state index is 9.31. The molecule has 0 aliphatic heterocycles. The molecule has 2 nitrogen and oxygen atoms in total. The predicted molar refractivity (Wildman–Crippen MR) is 71.1 cm³/mol. The lowest BCUT2D eigenvalue weighted by atomic mass is 10.0. The summed E-state index contributed by atoms with van der Waals surface area (Å²) < 4.78 is 0. The van der Waals surface area contributed by atoms with E-state index in [-0.39, 0.29) is 5.41 Å². The number of aryl methyl sites for hydroxylation is 1. The summed E-state index contributed by atoms with van der Waals surface area (Å²) in [5.74, 6) is 0. The molecule has 1 aromatic rings. The number of hydrogen-bond donors (Lipinski definition) is 1. The highest BCUT2D eigenvalue weighted by Crippen LogP contribution is 2.45. The van der Waals surface area contributed by atoms with Crippen molar-refractivity contribution in [1.29, 1.82) is 0 Å². The molecule has 1 N–H and O–H groups in total. The quantitative estimate of drug-likeness (QED) is 0.814. The Kier molecular flexibility index (Phi) is 3.85. The smallest absolute Gasteiger partial charge is 0.0499 e. The van der Waals surface area contributed by atoms with Crippen LogP contribution in [-0.4, -0.2) is 36.8 Å². The van der Waals surface area contributed by atoms with Gasteiger partial charge in [0.2, 0.25) is 0 Å². The normalized spacial score (nSPS) is 17.4.